The molecule has 138 valence electrons. The molecule has 0 bridgehead atoms. The molecule has 0 fully saturated rings. The molecule has 0 spiro atoms. The van der Waals surface area contributed by atoms with Crippen molar-refractivity contribution >= 4 is 12.0 Å². The van der Waals surface area contributed by atoms with Gasteiger partial charge in [-0.2, -0.15) is 5.11 Å². The molecule has 0 saturated heterocycles. The summed E-state index contributed by atoms with van der Waals surface area (Å²) in [5.41, 5.74) is 0.497. The van der Waals surface area contributed by atoms with E-state index in [9.17, 15) is 9.59 Å². The topological polar surface area (TPSA) is 81.1 Å². The number of hydrogen-bond acceptors (Lipinski definition) is 5. The number of hydrogen-bond donors (Lipinski definition) is 0. The maximum absolute atomic E-state index is 12.4. The van der Waals surface area contributed by atoms with Gasteiger partial charge in [-0.1, -0.05) is 37.6 Å². The minimum atomic E-state index is -0.373. The van der Waals surface area contributed by atoms with Crippen molar-refractivity contribution in [3.8, 4) is 0 Å². The quantitative estimate of drug-likeness (QED) is 0.761. The summed E-state index contributed by atoms with van der Waals surface area (Å²) in [7, 11) is 1.48. The first-order valence-corrected chi connectivity index (χ1v) is 8.95. The van der Waals surface area contributed by atoms with E-state index < -0.39 is 0 Å². The van der Waals surface area contributed by atoms with Crippen LogP contribution in [0, 0.1) is 17.8 Å². The molecule has 7 nitrogen and oxygen atoms in total. The summed E-state index contributed by atoms with van der Waals surface area (Å²) in [6, 6.07) is 1.55. The first kappa shape index (κ1) is 18.2. The molecule has 0 amide bonds. The van der Waals surface area contributed by atoms with Crippen molar-refractivity contribution in [3.05, 3.63) is 50.7 Å². The minimum Gasteiger partial charge on any atom is -0.289 e. The fourth-order valence-electron chi connectivity index (χ4n) is 3.33. The van der Waals surface area contributed by atoms with Crippen molar-refractivity contribution in [3.63, 3.8) is 0 Å². The molecule has 1 aromatic rings. The second kappa shape index (κ2) is 7.35. The average Bonchev–Trinajstić information content (AvgIpc) is 2.98. The van der Waals surface area contributed by atoms with E-state index in [-0.39, 0.29) is 29.1 Å². The van der Waals surface area contributed by atoms with Gasteiger partial charge in [-0.05, 0) is 12.8 Å². The zero-order chi connectivity index (χ0) is 18.8. The van der Waals surface area contributed by atoms with Gasteiger partial charge in [-0.15, -0.1) is 5.11 Å². The molecule has 26 heavy (non-hydrogen) atoms. The molecular formula is C19H25N5O2. The van der Waals surface area contributed by atoms with E-state index in [1.165, 1.54) is 23.3 Å². The lowest BCUT2D eigenvalue weighted by Crippen LogP contribution is -2.38. The van der Waals surface area contributed by atoms with Gasteiger partial charge in [0.15, 0.2) is 5.82 Å². The fraction of sp³-hybridized carbons (Fsp3) is 0.526. The van der Waals surface area contributed by atoms with Gasteiger partial charge in [0.25, 0.3) is 5.56 Å². The molecule has 0 N–H and O–H groups in total. The molecule has 0 aromatic carbocycles. The number of fused-ring (bicyclic) bond motifs is 1. The number of rotatable bonds is 5. The molecule has 0 radical (unpaired) electrons. The Kier molecular flexibility index (Phi) is 5.15. The van der Waals surface area contributed by atoms with Crippen LogP contribution in [0.4, 0.5) is 5.82 Å². The fourth-order valence-corrected chi connectivity index (χ4v) is 3.33. The molecule has 1 aliphatic heterocycles. The molecule has 7 heteroatoms. The number of aliphatic imine (C=N–C) groups is 1. The van der Waals surface area contributed by atoms with Gasteiger partial charge >= 0.3 is 5.69 Å². The SMILES string of the molecule is CC1=CC2C(CN=Nc3cc(=O)n(C)c(=O)n3CC(C)C)C=NC2C=C1. The average molecular weight is 355 g/mol. The van der Waals surface area contributed by atoms with E-state index in [4.69, 9.17) is 0 Å². The van der Waals surface area contributed by atoms with Crippen LogP contribution in [-0.2, 0) is 13.6 Å². The van der Waals surface area contributed by atoms with Gasteiger partial charge < -0.3 is 0 Å². The third kappa shape index (κ3) is 3.66. The number of allylic oxidation sites excluding steroid dienone is 2. The Morgan fingerprint density at radius 1 is 1.31 bits per heavy atom. The largest absolute Gasteiger partial charge is 0.332 e. The maximum atomic E-state index is 12.4. The Balaban J connectivity index is 1.81. The summed E-state index contributed by atoms with van der Waals surface area (Å²) < 4.78 is 2.60. The van der Waals surface area contributed by atoms with Gasteiger partial charge in [0.05, 0.1) is 12.6 Å². The van der Waals surface area contributed by atoms with E-state index in [2.05, 4.69) is 40.4 Å². The van der Waals surface area contributed by atoms with E-state index >= 15 is 0 Å². The lowest BCUT2D eigenvalue weighted by Gasteiger charge is -2.20. The smallest absolute Gasteiger partial charge is 0.289 e. The van der Waals surface area contributed by atoms with Gasteiger partial charge in [0.1, 0.15) is 0 Å². The van der Waals surface area contributed by atoms with Crippen LogP contribution in [0.15, 0.2) is 54.7 Å². The van der Waals surface area contributed by atoms with Crippen molar-refractivity contribution in [1.29, 1.82) is 0 Å². The third-order valence-electron chi connectivity index (χ3n) is 4.74. The van der Waals surface area contributed by atoms with Crippen LogP contribution in [0.5, 0.6) is 0 Å². The summed E-state index contributed by atoms with van der Waals surface area (Å²) in [4.78, 5) is 28.9. The van der Waals surface area contributed by atoms with Crippen molar-refractivity contribution < 1.29 is 0 Å². The molecule has 3 atom stereocenters. The van der Waals surface area contributed by atoms with Crippen LogP contribution in [0.2, 0.25) is 0 Å². The van der Waals surface area contributed by atoms with Crippen LogP contribution in [0.3, 0.4) is 0 Å². The van der Waals surface area contributed by atoms with Crippen LogP contribution in [-0.4, -0.2) is 27.9 Å². The molecular weight excluding hydrogens is 330 g/mol. The number of aromatic nitrogens is 2. The minimum absolute atomic E-state index is 0.181. The lowest BCUT2D eigenvalue weighted by molar-refractivity contribution is 0.484. The van der Waals surface area contributed by atoms with Crippen LogP contribution < -0.4 is 11.2 Å². The van der Waals surface area contributed by atoms with Gasteiger partial charge in [-0.25, -0.2) is 4.79 Å². The first-order valence-electron chi connectivity index (χ1n) is 8.95. The predicted octanol–water partition coefficient (Wildman–Crippen LogP) is 2.49. The Labute approximate surface area is 152 Å². The standard InChI is InChI=1S/C19H25N5O2/c1-12(2)11-24-17(8-18(25)23(4)19(24)26)22-21-10-14-9-20-16-6-5-13(3)7-15(14)16/h5-9,12,14-16H,10-11H2,1-4H3. The molecule has 1 aromatic heterocycles. The van der Waals surface area contributed by atoms with Crippen molar-refractivity contribution in [1.82, 2.24) is 9.13 Å². The zero-order valence-electron chi connectivity index (χ0n) is 15.7. The lowest BCUT2D eigenvalue weighted by atomic mass is 9.85. The van der Waals surface area contributed by atoms with E-state index in [1.54, 1.807) is 0 Å². The van der Waals surface area contributed by atoms with Gasteiger partial charge in [0, 0.05) is 37.7 Å². The normalized spacial score (nSPS) is 24.5. The van der Waals surface area contributed by atoms with E-state index in [1.807, 2.05) is 20.1 Å². The molecule has 3 rings (SSSR count). The Morgan fingerprint density at radius 2 is 2.08 bits per heavy atom. The predicted molar refractivity (Wildman–Crippen MR) is 102 cm³/mol. The zero-order valence-corrected chi connectivity index (χ0v) is 15.7. The van der Waals surface area contributed by atoms with E-state index in [0.717, 1.165) is 4.57 Å². The highest BCUT2D eigenvalue weighted by atomic mass is 16.2. The van der Waals surface area contributed by atoms with Crippen molar-refractivity contribution in [2.24, 2.45) is 40.0 Å². The van der Waals surface area contributed by atoms with Crippen molar-refractivity contribution in [2.75, 3.05) is 6.54 Å². The highest BCUT2D eigenvalue weighted by molar-refractivity contribution is 5.66. The second-order valence-electron chi connectivity index (χ2n) is 7.41. The molecule has 0 saturated carbocycles. The first-order chi connectivity index (χ1) is 12.4. The highest BCUT2D eigenvalue weighted by Gasteiger charge is 2.31. The molecule has 2 heterocycles. The summed E-state index contributed by atoms with van der Waals surface area (Å²) in [5.74, 6) is 1.05. The Hall–Kier alpha value is -2.57. The Bertz CT molecular complexity index is 917. The second-order valence-corrected chi connectivity index (χ2v) is 7.41. The highest BCUT2D eigenvalue weighted by Crippen LogP contribution is 2.31. The van der Waals surface area contributed by atoms with Gasteiger partial charge in [-0.3, -0.25) is 18.9 Å². The molecule has 1 aliphatic carbocycles. The molecule has 2 aliphatic rings. The number of nitrogens with zero attached hydrogens (tertiary/aromatic N) is 5. The van der Waals surface area contributed by atoms with Crippen LogP contribution >= 0.6 is 0 Å². The molecule has 3 unspecified atom stereocenters. The summed E-state index contributed by atoms with van der Waals surface area (Å²) in [5, 5.41) is 8.51. The number of azo groups is 1. The van der Waals surface area contributed by atoms with Gasteiger partial charge in [0.2, 0.25) is 0 Å². The summed E-state index contributed by atoms with van der Waals surface area (Å²) in [6.07, 6.45) is 8.38. The summed E-state index contributed by atoms with van der Waals surface area (Å²) in [6.45, 7) is 7.07. The monoisotopic (exact) mass is 355 g/mol. The van der Waals surface area contributed by atoms with Crippen molar-refractivity contribution in [2.45, 2.75) is 33.4 Å². The summed E-state index contributed by atoms with van der Waals surface area (Å²) >= 11 is 0. The van der Waals surface area contributed by atoms with Crippen LogP contribution in [0.25, 0.3) is 0 Å². The maximum Gasteiger partial charge on any atom is 0.332 e. The Morgan fingerprint density at radius 3 is 2.81 bits per heavy atom. The van der Waals surface area contributed by atoms with Crippen LogP contribution in [0.1, 0.15) is 20.8 Å². The van der Waals surface area contributed by atoms with E-state index in [0.29, 0.717) is 24.8 Å². The third-order valence-corrected chi connectivity index (χ3v) is 4.74.